The van der Waals surface area contributed by atoms with E-state index in [0.717, 1.165) is 29.0 Å². The van der Waals surface area contributed by atoms with E-state index in [0.29, 0.717) is 5.02 Å². The topological polar surface area (TPSA) is 64.6 Å². The summed E-state index contributed by atoms with van der Waals surface area (Å²) in [5.74, 6) is 0.0277. The summed E-state index contributed by atoms with van der Waals surface area (Å²) in [6, 6.07) is 13.6. The van der Waals surface area contributed by atoms with Crippen molar-refractivity contribution in [1.82, 2.24) is 0 Å². The van der Waals surface area contributed by atoms with Crippen molar-refractivity contribution in [2.75, 3.05) is 15.5 Å². The van der Waals surface area contributed by atoms with E-state index in [4.69, 9.17) is 11.6 Å². The molecule has 138 valence electrons. The lowest BCUT2D eigenvalue weighted by atomic mass is 9.91. The maximum atomic E-state index is 12.2. The fourth-order valence-electron chi connectivity index (χ4n) is 3.56. The number of aliphatic hydroxyl groups is 1. The van der Waals surface area contributed by atoms with Gasteiger partial charge in [0, 0.05) is 40.6 Å². The molecule has 0 saturated heterocycles. The Morgan fingerprint density at radius 2 is 1.88 bits per heavy atom. The van der Waals surface area contributed by atoms with Gasteiger partial charge in [0.15, 0.2) is 0 Å². The van der Waals surface area contributed by atoms with Gasteiger partial charge in [0.1, 0.15) is 6.23 Å². The van der Waals surface area contributed by atoms with E-state index in [2.05, 4.69) is 17.6 Å². The highest BCUT2D eigenvalue weighted by Crippen LogP contribution is 2.40. The van der Waals surface area contributed by atoms with Crippen molar-refractivity contribution in [3.63, 3.8) is 0 Å². The fraction of sp³-hybridized carbons (Fsp3) is 0.350. The monoisotopic (exact) mass is 373 g/mol. The zero-order valence-electron chi connectivity index (χ0n) is 15.2. The zero-order valence-corrected chi connectivity index (χ0v) is 15.9. The summed E-state index contributed by atoms with van der Waals surface area (Å²) in [4.78, 5) is 14.0. The lowest BCUT2D eigenvalue weighted by Crippen LogP contribution is -2.43. The second-order valence-electron chi connectivity index (χ2n) is 6.77. The molecule has 6 heteroatoms. The maximum Gasteiger partial charge on any atom is 0.224 e. The van der Waals surface area contributed by atoms with Crippen LogP contribution in [0.4, 0.5) is 17.1 Å². The van der Waals surface area contributed by atoms with Gasteiger partial charge in [-0.3, -0.25) is 4.79 Å². The summed E-state index contributed by atoms with van der Waals surface area (Å²) in [7, 11) is 0. The van der Waals surface area contributed by atoms with Gasteiger partial charge in [-0.15, -0.1) is 0 Å². The van der Waals surface area contributed by atoms with Gasteiger partial charge in [0.25, 0.3) is 0 Å². The zero-order chi connectivity index (χ0) is 18.8. The third-order valence-corrected chi connectivity index (χ3v) is 4.83. The van der Waals surface area contributed by atoms with Gasteiger partial charge in [0.2, 0.25) is 5.91 Å². The first kappa shape index (κ1) is 18.5. The minimum atomic E-state index is -0.651. The number of rotatable bonds is 4. The Morgan fingerprint density at radius 1 is 1.23 bits per heavy atom. The summed E-state index contributed by atoms with van der Waals surface area (Å²) < 4.78 is 0. The van der Waals surface area contributed by atoms with E-state index in [1.54, 1.807) is 13.8 Å². The third-order valence-electron chi connectivity index (χ3n) is 4.58. The van der Waals surface area contributed by atoms with Crippen molar-refractivity contribution >= 4 is 34.6 Å². The maximum absolute atomic E-state index is 12.2. The number of aliphatic hydroxyl groups excluding tert-OH is 1. The smallest absolute Gasteiger partial charge is 0.224 e. The first-order valence-corrected chi connectivity index (χ1v) is 9.13. The normalized spacial score (nSPS) is 20.3. The van der Waals surface area contributed by atoms with Crippen LogP contribution in [-0.4, -0.2) is 23.3 Å². The molecule has 3 N–H and O–H groups in total. The average molecular weight is 374 g/mol. The predicted molar refractivity (Wildman–Crippen MR) is 107 cm³/mol. The quantitative estimate of drug-likeness (QED) is 0.695. The minimum Gasteiger partial charge on any atom is -0.378 e. The molecule has 26 heavy (non-hydrogen) atoms. The van der Waals surface area contributed by atoms with Crippen molar-refractivity contribution in [3.8, 4) is 0 Å². The van der Waals surface area contributed by atoms with Crippen LogP contribution in [0.3, 0.4) is 0 Å². The molecule has 3 rings (SSSR count). The molecule has 0 radical (unpaired) electrons. The van der Waals surface area contributed by atoms with Crippen molar-refractivity contribution in [1.29, 1.82) is 0 Å². The molecule has 1 amide bonds. The molecule has 2 aromatic carbocycles. The Hall–Kier alpha value is -2.24. The standard InChI is InChI=1S/C20H24ClN3O2/c1-12-10-19(23-16-6-4-15(21)5-7-16)18-11-17(22-13(2)25)8-9-20(18)24(12)14(3)26/h4-9,11-13,19,22-23,25H,10H2,1-3H3. The molecular weight excluding hydrogens is 350 g/mol. The lowest BCUT2D eigenvalue weighted by Gasteiger charge is -2.39. The van der Waals surface area contributed by atoms with Crippen LogP contribution in [0.15, 0.2) is 42.5 Å². The minimum absolute atomic E-state index is 0.0277. The first-order valence-electron chi connectivity index (χ1n) is 8.75. The number of amides is 1. The molecule has 5 nitrogen and oxygen atoms in total. The molecule has 0 saturated carbocycles. The van der Waals surface area contributed by atoms with Gasteiger partial charge in [-0.2, -0.15) is 0 Å². The molecule has 0 bridgehead atoms. The van der Waals surface area contributed by atoms with Crippen LogP contribution in [0.5, 0.6) is 0 Å². The molecule has 0 aromatic heterocycles. The molecule has 0 spiro atoms. The van der Waals surface area contributed by atoms with Crippen molar-refractivity contribution in [3.05, 3.63) is 53.1 Å². The SMILES string of the molecule is CC(=O)N1c2ccc(NC(C)O)cc2C(Nc2ccc(Cl)cc2)CC1C. The Kier molecular flexibility index (Phi) is 5.39. The van der Waals surface area contributed by atoms with Gasteiger partial charge < -0.3 is 20.6 Å². The van der Waals surface area contributed by atoms with E-state index in [-0.39, 0.29) is 18.0 Å². The third kappa shape index (κ3) is 3.94. The molecule has 1 aliphatic rings. The fourth-order valence-corrected chi connectivity index (χ4v) is 3.68. The highest BCUT2D eigenvalue weighted by Gasteiger charge is 2.32. The van der Waals surface area contributed by atoms with Crippen molar-refractivity contribution in [2.24, 2.45) is 0 Å². The lowest BCUT2D eigenvalue weighted by molar-refractivity contribution is -0.117. The van der Waals surface area contributed by atoms with Crippen LogP contribution in [0, 0.1) is 0 Å². The van der Waals surface area contributed by atoms with Crippen LogP contribution in [-0.2, 0) is 4.79 Å². The van der Waals surface area contributed by atoms with Crippen molar-refractivity contribution in [2.45, 2.75) is 45.5 Å². The highest BCUT2D eigenvalue weighted by molar-refractivity contribution is 6.30. The summed E-state index contributed by atoms with van der Waals surface area (Å²) in [5.41, 5.74) is 3.72. The van der Waals surface area contributed by atoms with Crippen molar-refractivity contribution < 1.29 is 9.90 Å². The average Bonchev–Trinajstić information content (AvgIpc) is 2.56. The van der Waals surface area contributed by atoms with Gasteiger partial charge in [-0.05, 0) is 62.7 Å². The van der Waals surface area contributed by atoms with Gasteiger partial charge in [0.05, 0.1) is 6.04 Å². The van der Waals surface area contributed by atoms with E-state index in [1.807, 2.05) is 47.4 Å². The molecular formula is C20H24ClN3O2. The van der Waals surface area contributed by atoms with Gasteiger partial charge in [-0.25, -0.2) is 0 Å². The molecule has 1 heterocycles. The predicted octanol–water partition coefficient (Wildman–Crippen LogP) is 4.39. The molecule has 2 aromatic rings. The summed E-state index contributed by atoms with van der Waals surface area (Å²) in [5, 5.41) is 16.9. The number of hydrogen-bond donors (Lipinski definition) is 3. The van der Waals surface area contributed by atoms with Gasteiger partial charge >= 0.3 is 0 Å². The Bertz CT molecular complexity index is 792. The summed E-state index contributed by atoms with van der Waals surface area (Å²) in [6.07, 6.45) is 0.134. The number of anilines is 3. The Labute approximate surface area is 159 Å². The van der Waals surface area contributed by atoms with E-state index < -0.39 is 6.23 Å². The van der Waals surface area contributed by atoms with Crippen LogP contribution in [0.2, 0.25) is 5.02 Å². The number of halogens is 1. The molecule has 3 unspecified atom stereocenters. The first-order chi connectivity index (χ1) is 12.3. The number of hydrogen-bond acceptors (Lipinski definition) is 4. The second-order valence-corrected chi connectivity index (χ2v) is 7.21. The molecule has 0 aliphatic carbocycles. The molecule has 1 aliphatic heterocycles. The number of benzene rings is 2. The molecule has 0 fully saturated rings. The number of fused-ring (bicyclic) bond motifs is 1. The second kappa shape index (κ2) is 7.56. The largest absolute Gasteiger partial charge is 0.378 e. The van der Waals surface area contributed by atoms with Crippen LogP contribution in [0.25, 0.3) is 0 Å². The summed E-state index contributed by atoms with van der Waals surface area (Å²) >= 11 is 5.98. The summed E-state index contributed by atoms with van der Waals surface area (Å²) in [6.45, 7) is 5.32. The highest BCUT2D eigenvalue weighted by atomic mass is 35.5. The van der Waals surface area contributed by atoms with E-state index in [1.165, 1.54) is 0 Å². The molecule has 3 atom stereocenters. The van der Waals surface area contributed by atoms with Crippen LogP contribution < -0.4 is 15.5 Å². The number of carbonyl (C=O) groups excluding carboxylic acids is 1. The van der Waals surface area contributed by atoms with Crippen LogP contribution >= 0.6 is 11.6 Å². The number of nitrogens with one attached hydrogen (secondary N) is 2. The van der Waals surface area contributed by atoms with E-state index >= 15 is 0 Å². The van der Waals surface area contributed by atoms with Gasteiger partial charge in [-0.1, -0.05) is 11.6 Å². The Morgan fingerprint density at radius 3 is 2.50 bits per heavy atom. The Balaban J connectivity index is 1.99. The van der Waals surface area contributed by atoms with E-state index in [9.17, 15) is 9.90 Å². The number of nitrogens with zero attached hydrogens (tertiary/aromatic N) is 1. The van der Waals surface area contributed by atoms with Crippen LogP contribution in [0.1, 0.15) is 38.8 Å². The number of carbonyl (C=O) groups is 1.